The quantitative estimate of drug-likeness (QED) is 0.509. The van der Waals surface area contributed by atoms with Gasteiger partial charge in [-0.15, -0.1) is 0 Å². The molecular weight excluding hydrogens is 420 g/mol. The molecule has 2 aliphatic rings. The van der Waals surface area contributed by atoms with Gasteiger partial charge in [0.05, 0.1) is 6.04 Å². The lowest BCUT2D eigenvalue weighted by Crippen LogP contribution is -2.52. The van der Waals surface area contributed by atoms with Crippen LogP contribution in [0.2, 0.25) is 0 Å². The van der Waals surface area contributed by atoms with E-state index in [1.165, 1.54) is 35.1 Å². The van der Waals surface area contributed by atoms with Crippen molar-refractivity contribution >= 4 is 5.91 Å². The first-order valence-corrected chi connectivity index (χ1v) is 12.6. The molecule has 3 aromatic rings. The highest BCUT2D eigenvalue weighted by Crippen LogP contribution is 2.30. The molecule has 5 rings (SSSR count). The summed E-state index contributed by atoms with van der Waals surface area (Å²) < 4.78 is 6.10. The van der Waals surface area contributed by atoms with Crippen LogP contribution in [0.15, 0.2) is 78.9 Å². The van der Waals surface area contributed by atoms with Crippen LogP contribution in [0.3, 0.4) is 0 Å². The molecule has 1 heterocycles. The first kappa shape index (κ1) is 22.7. The summed E-state index contributed by atoms with van der Waals surface area (Å²) in [5, 5.41) is 0. The van der Waals surface area contributed by atoms with E-state index >= 15 is 0 Å². The van der Waals surface area contributed by atoms with Crippen LogP contribution < -0.4 is 4.74 Å². The van der Waals surface area contributed by atoms with E-state index in [0.717, 1.165) is 31.7 Å². The van der Waals surface area contributed by atoms with Crippen LogP contribution in [0.4, 0.5) is 0 Å². The number of nitrogens with zero attached hydrogens (tertiary/aromatic N) is 2. The summed E-state index contributed by atoms with van der Waals surface area (Å²) in [6.45, 7) is 4.99. The zero-order chi connectivity index (χ0) is 23.3. The molecule has 1 saturated heterocycles. The maximum absolute atomic E-state index is 13.2. The Hall–Kier alpha value is -3.11. The number of ether oxygens (including phenoxy) is 1. The topological polar surface area (TPSA) is 32.8 Å². The molecule has 4 nitrogen and oxygen atoms in total. The van der Waals surface area contributed by atoms with Gasteiger partial charge in [0.1, 0.15) is 5.75 Å². The van der Waals surface area contributed by atoms with Crippen molar-refractivity contribution < 1.29 is 9.53 Å². The smallest absolute Gasteiger partial charge is 0.263 e. The Balaban J connectivity index is 1.23. The highest BCUT2D eigenvalue weighted by atomic mass is 16.5. The molecule has 0 saturated carbocycles. The van der Waals surface area contributed by atoms with Crippen molar-refractivity contribution in [3.63, 3.8) is 0 Å². The molecule has 0 radical (unpaired) electrons. The molecule has 176 valence electrons. The van der Waals surface area contributed by atoms with Gasteiger partial charge >= 0.3 is 0 Å². The highest BCUT2D eigenvalue weighted by Gasteiger charge is 2.30. The summed E-state index contributed by atoms with van der Waals surface area (Å²) in [4.78, 5) is 17.6. The predicted molar refractivity (Wildman–Crippen MR) is 136 cm³/mol. The molecule has 1 unspecified atom stereocenters. The number of aryl methyl sites for hydroxylation is 2. The number of benzene rings is 3. The lowest BCUT2D eigenvalue weighted by molar-refractivity contribution is -0.140. The summed E-state index contributed by atoms with van der Waals surface area (Å²) in [6.07, 6.45) is 4.29. The molecule has 34 heavy (non-hydrogen) atoms. The number of amides is 1. The molecule has 0 aromatic heterocycles. The van der Waals surface area contributed by atoms with Gasteiger partial charge in [-0.25, -0.2) is 0 Å². The summed E-state index contributed by atoms with van der Waals surface area (Å²) in [6, 6.07) is 27.9. The van der Waals surface area contributed by atoms with E-state index in [2.05, 4.69) is 77.7 Å². The predicted octanol–water partition coefficient (Wildman–Crippen LogP) is 5.27. The van der Waals surface area contributed by atoms with E-state index in [0.29, 0.717) is 13.1 Å². The minimum atomic E-state index is -0.479. The van der Waals surface area contributed by atoms with Crippen LogP contribution in [-0.4, -0.2) is 48.0 Å². The van der Waals surface area contributed by atoms with Gasteiger partial charge in [-0.3, -0.25) is 9.69 Å². The van der Waals surface area contributed by atoms with Crippen molar-refractivity contribution in [2.24, 2.45) is 0 Å². The number of hydrogen-bond donors (Lipinski definition) is 0. The summed E-state index contributed by atoms with van der Waals surface area (Å²) in [5.74, 6) is 0.890. The highest BCUT2D eigenvalue weighted by molar-refractivity contribution is 5.81. The maximum atomic E-state index is 13.2. The minimum Gasteiger partial charge on any atom is -0.481 e. The van der Waals surface area contributed by atoms with Crippen LogP contribution in [0.1, 0.15) is 48.1 Å². The first-order valence-electron chi connectivity index (χ1n) is 12.6. The Labute approximate surface area is 203 Å². The number of fused-ring (bicyclic) bond motifs is 1. The van der Waals surface area contributed by atoms with Gasteiger partial charge in [0, 0.05) is 26.2 Å². The van der Waals surface area contributed by atoms with Gasteiger partial charge in [-0.2, -0.15) is 0 Å². The molecular formula is C30H34N2O2. The normalized spacial score (nSPS) is 17.3. The van der Waals surface area contributed by atoms with Crippen molar-refractivity contribution in [1.29, 1.82) is 0 Å². The van der Waals surface area contributed by atoms with Gasteiger partial charge in [-0.1, -0.05) is 66.7 Å². The molecule has 0 bridgehead atoms. The third-order valence-electron chi connectivity index (χ3n) is 7.20. The van der Waals surface area contributed by atoms with Crippen LogP contribution >= 0.6 is 0 Å². The van der Waals surface area contributed by atoms with E-state index in [9.17, 15) is 4.79 Å². The Morgan fingerprint density at radius 2 is 1.35 bits per heavy atom. The van der Waals surface area contributed by atoms with Crippen LogP contribution in [0, 0.1) is 0 Å². The molecule has 1 amide bonds. The fourth-order valence-corrected chi connectivity index (χ4v) is 5.38. The fraction of sp³-hybridized carbons (Fsp3) is 0.367. The Kier molecular flexibility index (Phi) is 6.96. The molecule has 1 aliphatic heterocycles. The van der Waals surface area contributed by atoms with Crippen molar-refractivity contribution in [1.82, 2.24) is 9.80 Å². The second kappa shape index (κ2) is 10.4. The first-order chi connectivity index (χ1) is 16.7. The van der Waals surface area contributed by atoms with Crippen molar-refractivity contribution in [3.05, 3.63) is 101 Å². The summed E-state index contributed by atoms with van der Waals surface area (Å²) in [5.41, 5.74) is 5.39. The molecule has 1 atom stereocenters. The number of hydrogen-bond acceptors (Lipinski definition) is 3. The second-order valence-corrected chi connectivity index (χ2v) is 9.48. The van der Waals surface area contributed by atoms with E-state index in [4.69, 9.17) is 4.74 Å². The fourth-order valence-electron chi connectivity index (χ4n) is 5.38. The lowest BCUT2D eigenvalue weighted by Gasteiger charge is -2.40. The van der Waals surface area contributed by atoms with Crippen molar-refractivity contribution in [3.8, 4) is 5.75 Å². The monoisotopic (exact) mass is 454 g/mol. The van der Waals surface area contributed by atoms with Gasteiger partial charge < -0.3 is 9.64 Å². The number of rotatable bonds is 6. The second-order valence-electron chi connectivity index (χ2n) is 9.48. The van der Waals surface area contributed by atoms with Crippen LogP contribution in [0.5, 0.6) is 5.75 Å². The zero-order valence-electron chi connectivity index (χ0n) is 20.0. The van der Waals surface area contributed by atoms with Gasteiger partial charge in [0.2, 0.25) is 0 Å². The molecule has 0 spiro atoms. The van der Waals surface area contributed by atoms with Crippen molar-refractivity contribution in [2.45, 2.75) is 44.8 Å². The average Bonchev–Trinajstić information content (AvgIpc) is 2.90. The van der Waals surface area contributed by atoms with E-state index < -0.39 is 6.10 Å². The lowest BCUT2D eigenvalue weighted by atomic mass is 9.92. The Morgan fingerprint density at radius 1 is 0.765 bits per heavy atom. The van der Waals surface area contributed by atoms with Crippen molar-refractivity contribution in [2.75, 3.05) is 26.2 Å². The summed E-state index contributed by atoms with van der Waals surface area (Å²) in [7, 11) is 0. The van der Waals surface area contributed by atoms with E-state index in [-0.39, 0.29) is 11.9 Å². The number of carbonyl (C=O) groups excluding carboxylic acids is 1. The zero-order valence-corrected chi connectivity index (χ0v) is 20.0. The third kappa shape index (κ3) is 5.02. The SMILES string of the molecule is CC(Oc1ccc2c(c1)CCCC2)C(=O)N1CCN(C(c2ccccc2)c2ccccc2)CC1. The molecule has 1 fully saturated rings. The Morgan fingerprint density at radius 3 is 1.97 bits per heavy atom. The van der Waals surface area contributed by atoms with E-state index in [1.807, 2.05) is 17.9 Å². The van der Waals surface area contributed by atoms with Gasteiger partial charge in [-0.05, 0) is 67.0 Å². The summed E-state index contributed by atoms with van der Waals surface area (Å²) >= 11 is 0. The molecule has 1 aliphatic carbocycles. The standard InChI is InChI=1S/C30H34N2O2/c1-23(34-28-17-16-24-10-8-9-15-27(24)22-28)30(33)32-20-18-31(19-21-32)29(25-11-4-2-5-12-25)26-13-6-3-7-14-26/h2-7,11-14,16-17,22-23,29H,8-10,15,18-21H2,1H3. The van der Waals surface area contributed by atoms with Crippen LogP contribution in [0.25, 0.3) is 0 Å². The largest absolute Gasteiger partial charge is 0.481 e. The number of carbonyl (C=O) groups is 1. The molecule has 0 N–H and O–H groups in total. The Bertz CT molecular complexity index is 1050. The number of piperazine rings is 1. The maximum Gasteiger partial charge on any atom is 0.263 e. The van der Waals surface area contributed by atoms with Gasteiger partial charge in [0.25, 0.3) is 5.91 Å². The third-order valence-corrected chi connectivity index (χ3v) is 7.20. The molecule has 4 heteroatoms. The van der Waals surface area contributed by atoms with Gasteiger partial charge in [0.15, 0.2) is 6.10 Å². The minimum absolute atomic E-state index is 0.0772. The molecule has 3 aromatic carbocycles. The van der Waals surface area contributed by atoms with E-state index in [1.54, 1.807) is 0 Å². The average molecular weight is 455 g/mol. The van der Waals surface area contributed by atoms with Crippen LogP contribution in [-0.2, 0) is 17.6 Å².